The molecule has 1 aromatic rings. The summed E-state index contributed by atoms with van der Waals surface area (Å²) < 4.78 is 0. The molecule has 0 aromatic heterocycles. The predicted molar refractivity (Wildman–Crippen MR) is 78.4 cm³/mol. The van der Waals surface area contributed by atoms with Gasteiger partial charge in [-0.1, -0.05) is 24.3 Å². The molecule has 1 saturated heterocycles. The van der Waals surface area contributed by atoms with Gasteiger partial charge in [0.05, 0.1) is 5.60 Å². The van der Waals surface area contributed by atoms with E-state index in [1.165, 1.54) is 43.5 Å². The zero-order chi connectivity index (χ0) is 13.3. The van der Waals surface area contributed by atoms with Gasteiger partial charge >= 0.3 is 0 Å². The summed E-state index contributed by atoms with van der Waals surface area (Å²) in [6.07, 6.45) is 6.67. The van der Waals surface area contributed by atoms with Gasteiger partial charge in [-0.2, -0.15) is 0 Å². The first kappa shape index (κ1) is 13.1. The lowest BCUT2D eigenvalue weighted by Gasteiger charge is -2.17. The summed E-state index contributed by atoms with van der Waals surface area (Å²) in [7, 11) is 2.22. The van der Waals surface area contributed by atoms with Crippen LogP contribution < -0.4 is 0 Å². The number of rotatable bonds is 3. The minimum atomic E-state index is -0.373. The Bertz CT molecular complexity index is 439. The van der Waals surface area contributed by atoms with E-state index in [0.717, 1.165) is 19.3 Å². The highest BCUT2D eigenvalue weighted by atomic mass is 16.3. The van der Waals surface area contributed by atoms with Crippen molar-refractivity contribution < 1.29 is 5.11 Å². The lowest BCUT2D eigenvalue weighted by atomic mass is 9.90. The third-order valence-electron chi connectivity index (χ3n) is 4.73. The summed E-state index contributed by atoms with van der Waals surface area (Å²) in [5, 5.41) is 10.1. The molecule has 0 bridgehead atoms. The van der Waals surface area contributed by atoms with Crippen molar-refractivity contribution in [2.24, 2.45) is 0 Å². The summed E-state index contributed by atoms with van der Waals surface area (Å²) in [6, 6.07) is 8.95. The Hall–Kier alpha value is -0.860. The fraction of sp³-hybridized carbons (Fsp3) is 0.647. The minimum absolute atomic E-state index is 0.373. The summed E-state index contributed by atoms with van der Waals surface area (Å²) in [6.45, 7) is 2.44. The molecule has 0 spiro atoms. The number of likely N-dealkylation sites (tertiary alicyclic amines) is 1. The van der Waals surface area contributed by atoms with Crippen molar-refractivity contribution in [2.75, 3.05) is 20.1 Å². The van der Waals surface area contributed by atoms with Gasteiger partial charge in [-0.25, -0.2) is 0 Å². The van der Waals surface area contributed by atoms with Gasteiger partial charge in [-0.15, -0.1) is 0 Å². The van der Waals surface area contributed by atoms with E-state index in [9.17, 15) is 5.11 Å². The van der Waals surface area contributed by atoms with E-state index < -0.39 is 0 Å². The quantitative estimate of drug-likeness (QED) is 0.902. The summed E-state index contributed by atoms with van der Waals surface area (Å²) in [5.74, 6) is 0.707. The molecule has 2 aliphatic rings. The summed E-state index contributed by atoms with van der Waals surface area (Å²) in [5.41, 5.74) is 2.43. The third-order valence-corrected chi connectivity index (χ3v) is 4.73. The van der Waals surface area contributed by atoms with Gasteiger partial charge in [0.15, 0.2) is 0 Å². The molecule has 1 atom stereocenters. The molecular formula is C17H25NO. The molecular weight excluding hydrogens is 234 g/mol. The maximum Gasteiger partial charge on any atom is 0.0690 e. The normalized spacial score (nSPS) is 26.9. The Labute approximate surface area is 116 Å². The van der Waals surface area contributed by atoms with Gasteiger partial charge < -0.3 is 10.0 Å². The van der Waals surface area contributed by atoms with Crippen LogP contribution in [0.25, 0.3) is 0 Å². The highest BCUT2D eigenvalue weighted by molar-refractivity contribution is 5.28. The van der Waals surface area contributed by atoms with Crippen LogP contribution >= 0.6 is 0 Å². The van der Waals surface area contributed by atoms with E-state index in [0.29, 0.717) is 5.92 Å². The summed E-state index contributed by atoms with van der Waals surface area (Å²) in [4.78, 5) is 2.44. The molecule has 2 nitrogen and oxygen atoms in total. The highest BCUT2D eigenvalue weighted by Crippen LogP contribution is 2.38. The van der Waals surface area contributed by atoms with Crippen LogP contribution in [0, 0.1) is 0 Å². The molecule has 1 aliphatic carbocycles. The fourth-order valence-electron chi connectivity index (χ4n) is 3.23. The van der Waals surface area contributed by atoms with Crippen LogP contribution in [0.1, 0.15) is 49.1 Å². The van der Waals surface area contributed by atoms with Crippen LogP contribution in [0.4, 0.5) is 0 Å². The van der Waals surface area contributed by atoms with Gasteiger partial charge in [-0.3, -0.25) is 0 Å². The standard InChI is InChI=1S/C17H25NO/c1-18-10-3-6-15(7-11-18)16-5-2-4-14(12-16)13-17(19)8-9-17/h2,4-5,12,15,19H,3,6-11,13H2,1H3. The molecule has 1 aromatic carbocycles. The molecule has 2 fully saturated rings. The molecule has 1 aliphatic heterocycles. The Balaban J connectivity index is 1.71. The first-order valence-electron chi connectivity index (χ1n) is 7.64. The average Bonchev–Trinajstić information content (AvgIpc) is 3.14. The number of benzene rings is 1. The van der Waals surface area contributed by atoms with Crippen molar-refractivity contribution in [1.29, 1.82) is 0 Å². The lowest BCUT2D eigenvalue weighted by Crippen LogP contribution is -2.18. The molecule has 0 radical (unpaired) electrons. The van der Waals surface area contributed by atoms with E-state index >= 15 is 0 Å². The molecule has 1 saturated carbocycles. The van der Waals surface area contributed by atoms with Crippen molar-refractivity contribution in [3.05, 3.63) is 35.4 Å². The number of hydrogen-bond donors (Lipinski definition) is 1. The largest absolute Gasteiger partial charge is 0.390 e. The molecule has 3 rings (SSSR count). The second kappa shape index (κ2) is 5.26. The first-order chi connectivity index (χ1) is 9.15. The Morgan fingerprint density at radius 1 is 1.26 bits per heavy atom. The average molecular weight is 259 g/mol. The van der Waals surface area contributed by atoms with Crippen molar-refractivity contribution in [3.63, 3.8) is 0 Å². The summed E-state index contributed by atoms with van der Waals surface area (Å²) >= 11 is 0. The van der Waals surface area contributed by atoms with Crippen molar-refractivity contribution in [2.45, 2.75) is 50.0 Å². The van der Waals surface area contributed by atoms with Crippen molar-refractivity contribution in [3.8, 4) is 0 Å². The second-order valence-corrected chi connectivity index (χ2v) is 6.58. The third kappa shape index (κ3) is 3.37. The maximum absolute atomic E-state index is 10.1. The monoisotopic (exact) mass is 259 g/mol. The SMILES string of the molecule is CN1CCCC(c2cccc(CC3(O)CC3)c2)CC1. The molecule has 19 heavy (non-hydrogen) atoms. The number of aliphatic hydroxyl groups is 1. The lowest BCUT2D eigenvalue weighted by molar-refractivity contribution is 0.151. The van der Waals surface area contributed by atoms with Gasteiger partial charge in [0.2, 0.25) is 0 Å². The van der Waals surface area contributed by atoms with Crippen LogP contribution in [0.5, 0.6) is 0 Å². The first-order valence-corrected chi connectivity index (χ1v) is 7.64. The zero-order valence-corrected chi connectivity index (χ0v) is 11.9. The van der Waals surface area contributed by atoms with E-state index in [-0.39, 0.29) is 5.60 Å². The number of hydrogen-bond acceptors (Lipinski definition) is 2. The minimum Gasteiger partial charge on any atom is -0.390 e. The zero-order valence-electron chi connectivity index (χ0n) is 11.9. The van der Waals surface area contributed by atoms with Gasteiger partial charge in [0.25, 0.3) is 0 Å². The van der Waals surface area contributed by atoms with Crippen LogP contribution in [-0.4, -0.2) is 35.7 Å². The fourth-order valence-corrected chi connectivity index (χ4v) is 3.23. The van der Waals surface area contributed by atoms with Gasteiger partial charge in [0, 0.05) is 6.42 Å². The Morgan fingerprint density at radius 3 is 2.89 bits per heavy atom. The predicted octanol–water partition coefficient (Wildman–Crippen LogP) is 2.95. The van der Waals surface area contributed by atoms with Gasteiger partial charge in [-0.05, 0) is 69.3 Å². The van der Waals surface area contributed by atoms with E-state index in [1.54, 1.807) is 0 Å². The molecule has 2 heteroatoms. The second-order valence-electron chi connectivity index (χ2n) is 6.58. The van der Waals surface area contributed by atoms with E-state index in [2.05, 4.69) is 36.2 Å². The van der Waals surface area contributed by atoms with Crippen LogP contribution in [0.2, 0.25) is 0 Å². The molecule has 1 unspecified atom stereocenters. The smallest absolute Gasteiger partial charge is 0.0690 e. The van der Waals surface area contributed by atoms with E-state index in [1.807, 2.05) is 0 Å². The molecule has 1 N–H and O–H groups in total. The van der Waals surface area contributed by atoms with Gasteiger partial charge in [0.1, 0.15) is 0 Å². The Kier molecular flexibility index (Phi) is 3.64. The van der Waals surface area contributed by atoms with Crippen molar-refractivity contribution in [1.82, 2.24) is 4.90 Å². The Morgan fingerprint density at radius 2 is 2.11 bits per heavy atom. The molecule has 0 amide bonds. The maximum atomic E-state index is 10.1. The highest BCUT2D eigenvalue weighted by Gasteiger charge is 2.40. The van der Waals surface area contributed by atoms with Crippen LogP contribution in [-0.2, 0) is 6.42 Å². The molecule has 1 heterocycles. The molecule has 104 valence electrons. The van der Waals surface area contributed by atoms with Crippen molar-refractivity contribution >= 4 is 0 Å². The van der Waals surface area contributed by atoms with Crippen LogP contribution in [0.3, 0.4) is 0 Å². The topological polar surface area (TPSA) is 23.5 Å². The van der Waals surface area contributed by atoms with Crippen LogP contribution in [0.15, 0.2) is 24.3 Å². The number of nitrogens with zero attached hydrogens (tertiary/aromatic N) is 1. The van der Waals surface area contributed by atoms with E-state index in [4.69, 9.17) is 0 Å².